The van der Waals surface area contributed by atoms with E-state index in [1.165, 1.54) is 0 Å². The molecule has 0 atom stereocenters. The molecule has 0 aliphatic heterocycles. The molecule has 0 amide bonds. The first kappa shape index (κ1) is 12.7. The second kappa shape index (κ2) is 4.86. The Bertz CT molecular complexity index is 533. The van der Waals surface area contributed by atoms with Crippen LogP contribution in [0.15, 0.2) is 23.0 Å². The van der Waals surface area contributed by atoms with Gasteiger partial charge in [-0.2, -0.15) is 4.98 Å². The minimum absolute atomic E-state index is 0.319. The Morgan fingerprint density at radius 1 is 1.39 bits per heavy atom. The molecule has 0 aliphatic rings. The third-order valence-electron chi connectivity index (χ3n) is 2.84. The maximum atomic E-state index is 5.35. The molecule has 2 rings (SSSR count). The second-order valence-corrected chi connectivity index (χ2v) is 4.77. The third-order valence-corrected chi connectivity index (χ3v) is 2.84. The van der Waals surface area contributed by atoms with Crippen LogP contribution in [-0.4, -0.2) is 21.7 Å². The molecule has 96 valence electrons. The van der Waals surface area contributed by atoms with Gasteiger partial charge in [0.05, 0.1) is 5.54 Å². The minimum Gasteiger partial charge on any atom is -0.337 e. The predicted molar refractivity (Wildman–Crippen MR) is 69.0 cm³/mol. The highest BCUT2D eigenvalue weighted by atomic mass is 16.5. The van der Waals surface area contributed by atoms with Gasteiger partial charge in [0.1, 0.15) is 0 Å². The average Bonchev–Trinajstić information content (AvgIpc) is 2.79. The van der Waals surface area contributed by atoms with E-state index < -0.39 is 0 Å². The molecule has 0 aliphatic carbocycles. The molecule has 0 aromatic carbocycles. The maximum Gasteiger partial charge on any atom is 0.246 e. The summed E-state index contributed by atoms with van der Waals surface area (Å²) in [5.41, 5.74) is 1.67. The summed E-state index contributed by atoms with van der Waals surface area (Å²) in [7, 11) is 0. The van der Waals surface area contributed by atoms with Crippen molar-refractivity contribution in [2.45, 2.75) is 33.2 Å². The zero-order chi connectivity index (χ0) is 13.2. The first-order valence-electron chi connectivity index (χ1n) is 6.05. The highest BCUT2D eigenvalue weighted by Crippen LogP contribution is 2.23. The van der Waals surface area contributed by atoms with Gasteiger partial charge >= 0.3 is 0 Å². The van der Waals surface area contributed by atoms with Gasteiger partial charge in [-0.15, -0.1) is 0 Å². The Hall–Kier alpha value is -1.75. The molecule has 0 saturated carbocycles. The van der Waals surface area contributed by atoms with Crippen LogP contribution in [0.4, 0.5) is 0 Å². The van der Waals surface area contributed by atoms with Gasteiger partial charge in [-0.1, -0.05) is 12.1 Å². The Balaban J connectivity index is 2.34. The van der Waals surface area contributed by atoms with Crippen molar-refractivity contribution in [3.05, 3.63) is 29.9 Å². The summed E-state index contributed by atoms with van der Waals surface area (Å²) in [4.78, 5) is 8.52. The van der Waals surface area contributed by atoms with Gasteiger partial charge in [-0.05, 0) is 38.9 Å². The van der Waals surface area contributed by atoms with E-state index in [4.69, 9.17) is 4.52 Å². The standard InChI is InChI=1S/C13H18N4O/c1-5-15-13(3,4)12-16-11(17-18-12)10-6-7-14-8-9(10)2/h6-8,15H,5H2,1-4H3. The molecule has 2 heterocycles. The fraction of sp³-hybridized carbons (Fsp3) is 0.462. The number of pyridine rings is 1. The molecular weight excluding hydrogens is 228 g/mol. The van der Waals surface area contributed by atoms with Crippen molar-refractivity contribution in [1.29, 1.82) is 0 Å². The Labute approximate surface area is 107 Å². The van der Waals surface area contributed by atoms with E-state index in [1.807, 2.05) is 33.8 Å². The van der Waals surface area contributed by atoms with Gasteiger partial charge in [0.25, 0.3) is 0 Å². The molecule has 2 aromatic rings. The van der Waals surface area contributed by atoms with Crippen molar-refractivity contribution < 1.29 is 4.52 Å². The summed E-state index contributed by atoms with van der Waals surface area (Å²) in [6.07, 6.45) is 3.52. The lowest BCUT2D eigenvalue weighted by Gasteiger charge is -2.20. The van der Waals surface area contributed by atoms with Gasteiger partial charge in [0, 0.05) is 18.0 Å². The summed E-state index contributed by atoms with van der Waals surface area (Å²) in [5.74, 6) is 1.20. The average molecular weight is 246 g/mol. The first-order valence-corrected chi connectivity index (χ1v) is 6.05. The van der Waals surface area contributed by atoms with Crippen LogP contribution in [0.1, 0.15) is 32.2 Å². The Morgan fingerprint density at radius 2 is 2.17 bits per heavy atom. The molecule has 0 saturated heterocycles. The van der Waals surface area contributed by atoms with Crippen LogP contribution in [0.3, 0.4) is 0 Å². The van der Waals surface area contributed by atoms with Gasteiger partial charge < -0.3 is 9.84 Å². The number of nitrogens with zero attached hydrogens (tertiary/aromatic N) is 3. The number of rotatable bonds is 4. The van der Waals surface area contributed by atoms with E-state index in [-0.39, 0.29) is 5.54 Å². The number of aromatic nitrogens is 3. The molecule has 5 nitrogen and oxygen atoms in total. The molecule has 0 bridgehead atoms. The van der Waals surface area contributed by atoms with Gasteiger partial charge in [0.2, 0.25) is 11.7 Å². The summed E-state index contributed by atoms with van der Waals surface area (Å²) in [5, 5.41) is 7.35. The van der Waals surface area contributed by atoms with Gasteiger partial charge in [-0.3, -0.25) is 4.98 Å². The lowest BCUT2D eigenvalue weighted by Crippen LogP contribution is -2.36. The smallest absolute Gasteiger partial charge is 0.246 e. The molecular formula is C13H18N4O. The second-order valence-electron chi connectivity index (χ2n) is 4.77. The highest BCUT2D eigenvalue weighted by molar-refractivity contribution is 5.58. The SMILES string of the molecule is CCNC(C)(C)c1nc(-c2ccncc2C)no1. The quantitative estimate of drug-likeness (QED) is 0.896. The van der Waals surface area contributed by atoms with Crippen LogP contribution in [0.5, 0.6) is 0 Å². The molecule has 2 aromatic heterocycles. The van der Waals surface area contributed by atoms with Crippen molar-refractivity contribution in [3.63, 3.8) is 0 Å². The summed E-state index contributed by atoms with van der Waals surface area (Å²) >= 11 is 0. The summed E-state index contributed by atoms with van der Waals surface area (Å²) in [6, 6.07) is 1.89. The largest absolute Gasteiger partial charge is 0.337 e. The lowest BCUT2D eigenvalue weighted by molar-refractivity contribution is 0.272. The van der Waals surface area contributed by atoms with Gasteiger partial charge in [-0.25, -0.2) is 0 Å². The van der Waals surface area contributed by atoms with Crippen molar-refractivity contribution in [2.24, 2.45) is 0 Å². The van der Waals surface area contributed by atoms with Crippen LogP contribution in [0, 0.1) is 6.92 Å². The zero-order valence-corrected chi connectivity index (χ0v) is 11.2. The Morgan fingerprint density at radius 3 is 2.83 bits per heavy atom. The van der Waals surface area contributed by atoms with E-state index >= 15 is 0 Å². The number of hydrogen-bond donors (Lipinski definition) is 1. The lowest BCUT2D eigenvalue weighted by atomic mass is 10.1. The normalized spacial score (nSPS) is 11.8. The van der Waals surface area contributed by atoms with E-state index in [0.717, 1.165) is 17.7 Å². The zero-order valence-electron chi connectivity index (χ0n) is 11.2. The number of aryl methyl sites for hydroxylation is 1. The van der Waals surface area contributed by atoms with Crippen LogP contribution >= 0.6 is 0 Å². The summed E-state index contributed by atoms with van der Waals surface area (Å²) < 4.78 is 5.35. The fourth-order valence-electron chi connectivity index (χ4n) is 1.83. The molecule has 0 radical (unpaired) electrons. The first-order chi connectivity index (χ1) is 8.54. The van der Waals surface area contributed by atoms with Crippen molar-refractivity contribution in [2.75, 3.05) is 6.54 Å². The molecule has 0 fully saturated rings. The minimum atomic E-state index is -0.319. The molecule has 0 unspecified atom stereocenters. The number of hydrogen-bond acceptors (Lipinski definition) is 5. The van der Waals surface area contributed by atoms with Crippen LogP contribution in [0.25, 0.3) is 11.4 Å². The molecule has 18 heavy (non-hydrogen) atoms. The Kier molecular flexibility index (Phi) is 3.43. The monoisotopic (exact) mass is 246 g/mol. The van der Waals surface area contributed by atoms with Crippen molar-refractivity contribution in [1.82, 2.24) is 20.4 Å². The van der Waals surface area contributed by atoms with E-state index in [9.17, 15) is 0 Å². The predicted octanol–water partition coefficient (Wildman–Crippen LogP) is 2.28. The van der Waals surface area contributed by atoms with Gasteiger partial charge in [0.15, 0.2) is 0 Å². The van der Waals surface area contributed by atoms with Crippen molar-refractivity contribution >= 4 is 0 Å². The topological polar surface area (TPSA) is 63.8 Å². The van der Waals surface area contributed by atoms with Crippen LogP contribution in [0.2, 0.25) is 0 Å². The summed E-state index contributed by atoms with van der Waals surface area (Å²) in [6.45, 7) is 8.92. The third kappa shape index (κ3) is 2.41. The maximum absolute atomic E-state index is 5.35. The molecule has 5 heteroatoms. The van der Waals surface area contributed by atoms with Crippen molar-refractivity contribution in [3.8, 4) is 11.4 Å². The van der Waals surface area contributed by atoms with Crippen LogP contribution in [-0.2, 0) is 5.54 Å². The number of nitrogens with one attached hydrogen (secondary N) is 1. The molecule has 1 N–H and O–H groups in total. The van der Waals surface area contributed by atoms with E-state index in [1.54, 1.807) is 12.4 Å². The highest BCUT2D eigenvalue weighted by Gasteiger charge is 2.26. The molecule has 0 spiro atoms. The van der Waals surface area contributed by atoms with E-state index in [0.29, 0.717) is 11.7 Å². The van der Waals surface area contributed by atoms with Crippen LogP contribution < -0.4 is 5.32 Å². The van der Waals surface area contributed by atoms with E-state index in [2.05, 4.69) is 20.4 Å². The fourth-order valence-corrected chi connectivity index (χ4v) is 1.83.